The highest BCUT2D eigenvalue weighted by atomic mass is 16.5. The summed E-state index contributed by atoms with van der Waals surface area (Å²) in [5.74, 6) is 1.09. The Morgan fingerprint density at radius 2 is 0.752 bits per heavy atom. The number of carbonyl (C=O) groups is 6. The number of aliphatic hydroxyl groups excluding tert-OH is 3. The number of methoxy groups -OCH3 is 1. The molecule has 3 amide bonds. The van der Waals surface area contributed by atoms with Gasteiger partial charge in [-0.2, -0.15) is 0 Å². The van der Waals surface area contributed by atoms with Crippen LogP contribution in [0.3, 0.4) is 0 Å². The number of amides is 3. The second-order valence-electron chi connectivity index (χ2n) is 42.3. The minimum atomic E-state index is -0.369. The number of fused-ring (bicyclic) bond motifs is 21. The summed E-state index contributed by atoms with van der Waals surface area (Å²) in [6.45, 7) is 44.6. The lowest BCUT2D eigenvalue weighted by molar-refractivity contribution is -0.174. The van der Waals surface area contributed by atoms with E-state index in [0.29, 0.717) is 53.5 Å². The summed E-state index contributed by atoms with van der Waals surface area (Å²) >= 11 is 0. The summed E-state index contributed by atoms with van der Waals surface area (Å²) in [5, 5.41) is 34.2. The zero-order chi connectivity index (χ0) is 79.4. The fraction of sp³-hybridized carbons (Fsp3) is 0.688. The highest BCUT2D eigenvalue weighted by molar-refractivity contribution is 6.08. The molecule has 592 valence electrons. The van der Waals surface area contributed by atoms with Crippen molar-refractivity contribution in [2.45, 2.75) is 272 Å². The number of hydrogen-bond acceptors (Lipinski definition) is 10. The molecule has 1 heterocycles. The molecule has 0 bridgehead atoms. The SMILES string of the molecule is CC1=C(O)C(=O)C=C2C1=CC=C1[C@@]2(C)CC[C@@]2(C)[C@@H]3C[C@](C)(C(=O)N(C)C)CC[C@]3(C)CC[C@]12C.CC1=C(O)C(=O)C=C2C1=CC=C1[C@@]2(C)CC[C@@]2(C)[C@@H]3C[C@](C)(C(=O)N4CCCC4)CC[C@]3(C)CC[C@]12C.COCCNC(=O)[C@]1(C)CC[C@]2(C)CC[C@]3(C)C4=CC=C5C(=CC(=O)C(O)=C5C)[C@]4(C)CC[C@@]3(C)[C@@H]2C1. The van der Waals surface area contributed by atoms with Gasteiger partial charge < -0.3 is 35.2 Å². The van der Waals surface area contributed by atoms with Crippen LogP contribution in [0.2, 0.25) is 0 Å². The average Bonchev–Trinajstić information content (AvgIpc) is 0.805. The lowest BCUT2D eigenvalue weighted by Gasteiger charge is -2.70. The Labute approximate surface area is 653 Å². The third-order valence-electron chi connectivity index (χ3n) is 36.6. The van der Waals surface area contributed by atoms with Gasteiger partial charge in [0.05, 0.1) is 6.61 Å². The molecule has 0 unspecified atom stereocenters. The van der Waals surface area contributed by atoms with E-state index in [4.69, 9.17) is 4.74 Å². The van der Waals surface area contributed by atoms with Crippen LogP contribution >= 0.6 is 0 Å². The van der Waals surface area contributed by atoms with Crippen molar-refractivity contribution < 1.29 is 48.8 Å². The van der Waals surface area contributed by atoms with Gasteiger partial charge in [-0.3, -0.25) is 28.8 Å². The highest BCUT2D eigenvalue weighted by Gasteiger charge is 2.72. The summed E-state index contributed by atoms with van der Waals surface area (Å²) in [7, 11) is 5.45. The van der Waals surface area contributed by atoms with Crippen LogP contribution in [0.5, 0.6) is 0 Å². The summed E-state index contributed by atoms with van der Waals surface area (Å²) in [6, 6.07) is 0. The predicted octanol–water partition coefficient (Wildman–Crippen LogP) is 20.3. The van der Waals surface area contributed by atoms with E-state index < -0.39 is 0 Å². The van der Waals surface area contributed by atoms with Gasteiger partial charge in [0.1, 0.15) is 0 Å². The van der Waals surface area contributed by atoms with Crippen molar-refractivity contribution in [3.8, 4) is 0 Å². The molecule has 16 aliphatic rings. The quantitative estimate of drug-likeness (QED) is 0.186. The third kappa shape index (κ3) is 11.1. The first-order chi connectivity index (χ1) is 50.7. The van der Waals surface area contributed by atoms with Gasteiger partial charge in [0.15, 0.2) is 17.3 Å². The molecule has 13 nitrogen and oxygen atoms in total. The van der Waals surface area contributed by atoms with E-state index in [1.165, 1.54) is 29.6 Å². The summed E-state index contributed by atoms with van der Waals surface area (Å²) < 4.78 is 5.16. The molecular formula is C96H133N3O10. The molecule has 1 saturated heterocycles. The normalized spacial score (nSPS) is 44.3. The standard InChI is InChI=1S/C33H45NO3.C32H45NO4.C31H43NO3/c1-21-22-9-10-25-31(4,23(22)19-24(35)27(21)36)14-16-33(6)26-20-30(3,28(37)34-17-7-8-18-34)12-11-29(26,2)13-15-32(25,33)5;1-20-21-8-9-24-30(4,22(21)18-23(34)26(20)35)13-15-32(6)25-19-29(3,27(36)33-16-17-37-7)11-10-28(25,2)12-14-31(24,32)5;1-19-20-9-10-23-29(4,21(20)17-22(33)25(19)34)14-16-31(6)24-18-28(3,26(35)32(7)8)12-11-27(24,2)13-15-30(23,31)5/h9-10,19,26,36H,7-8,11-18,20H2,1-6H3;8-9,18,25,35H,10-17,19H2,1-7H3,(H,33,36);9-10,17,24,34H,11-16,18H2,1-8H3/t26-,29-,30-,31+,32-,33+;25-,28-,29-,30+,31-,32+;24-,27-,28-,29+,30-,31+/m111/s1. The van der Waals surface area contributed by atoms with Crippen LogP contribution in [0.25, 0.3) is 0 Å². The topological polar surface area (TPSA) is 191 Å². The lowest BCUT2D eigenvalue weighted by Crippen LogP contribution is -2.62. The maximum absolute atomic E-state index is 13.8. The average molecular weight is 1490 g/mol. The molecule has 1 aliphatic heterocycles. The van der Waals surface area contributed by atoms with Gasteiger partial charge in [-0.15, -0.1) is 0 Å². The van der Waals surface area contributed by atoms with E-state index in [1.807, 2.05) is 34.9 Å². The van der Waals surface area contributed by atoms with E-state index in [1.54, 1.807) is 30.2 Å². The third-order valence-corrected chi connectivity index (χ3v) is 36.6. The zero-order valence-corrected chi connectivity index (χ0v) is 70.6. The largest absolute Gasteiger partial charge is 0.504 e. The van der Waals surface area contributed by atoms with Crippen molar-refractivity contribution in [2.75, 3.05) is 47.4 Å². The summed E-state index contributed by atoms with van der Waals surface area (Å²) in [6.07, 6.45) is 43.1. The molecule has 16 rings (SSSR count). The molecule has 0 aromatic rings. The van der Waals surface area contributed by atoms with E-state index in [9.17, 15) is 44.1 Å². The Hall–Kier alpha value is -6.34. The van der Waals surface area contributed by atoms with Gasteiger partial charge >= 0.3 is 0 Å². The van der Waals surface area contributed by atoms with Crippen molar-refractivity contribution in [3.05, 3.63) is 139 Å². The molecule has 15 aliphatic carbocycles. The number of carbonyl (C=O) groups excluding carboxylic acids is 6. The maximum atomic E-state index is 13.8. The van der Waals surface area contributed by atoms with E-state index in [-0.39, 0.29) is 128 Å². The van der Waals surface area contributed by atoms with Crippen LogP contribution in [-0.2, 0) is 33.5 Å². The van der Waals surface area contributed by atoms with Crippen molar-refractivity contribution in [1.82, 2.24) is 15.1 Å². The lowest BCUT2D eigenvalue weighted by atomic mass is 9.34. The second kappa shape index (κ2) is 25.8. The first kappa shape index (κ1) is 79.3. The van der Waals surface area contributed by atoms with Crippen LogP contribution in [0.15, 0.2) is 139 Å². The Morgan fingerprint density at radius 1 is 0.440 bits per heavy atom. The number of nitrogens with one attached hydrogen (secondary N) is 1. The number of ether oxygens (including phenoxy) is 1. The molecule has 109 heavy (non-hydrogen) atoms. The number of hydrogen-bond donors (Lipinski definition) is 4. The van der Waals surface area contributed by atoms with Crippen molar-refractivity contribution in [3.63, 3.8) is 0 Å². The van der Waals surface area contributed by atoms with E-state index in [0.717, 1.165) is 181 Å². The fourth-order valence-corrected chi connectivity index (χ4v) is 28.3. The zero-order valence-electron chi connectivity index (χ0n) is 70.6. The molecule has 13 heteroatoms. The van der Waals surface area contributed by atoms with Gasteiger partial charge in [0.2, 0.25) is 35.1 Å². The molecule has 4 N–H and O–H groups in total. The van der Waals surface area contributed by atoms with Crippen LogP contribution in [0.4, 0.5) is 0 Å². The smallest absolute Gasteiger partial charge is 0.228 e. The number of rotatable bonds is 6. The highest BCUT2D eigenvalue weighted by Crippen LogP contribution is 2.80. The van der Waals surface area contributed by atoms with Gasteiger partial charge in [0.25, 0.3) is 0 Å². The predicted molar refractivity (Wildman–Crippen MR) is 432 cm³/mol. The number of allylic oxidation sites excluding steroid dienone is 21. The number of nitrogens with zero attached hydrogens (tertiary/aromatic N) is 2. The molecule has 0 aromatic carbocycles. The monoisotopic (exact) mass is 1490 g/mol. The Bertz CT molecular complexity index is 4410. The number of aliphatic hydroxyl groups is 3. The Morgan fingerprint density at radius 3 is 1.09 bits per heavy atom. The van der Waals surface area contributed by atoms with Crippen LogP contribution < -0.4 is 5.32 Å². The Kier molecular flexibility index (Phi) is 18.8. The van der Waals surface area contributed by atoms with Gasteiger partial charge in [-0.25, -0.2) is 0 Å². The van der Waals surface area contributed by atoms with Crippen molar-refractivity contribution in [1.29, 1.82) is 0 Å². The van der Waals surface area contributed by atoms with Crippen LogP contribution in [0.1, 0.15) is 272 Å². The molecular weight excluding hydrogens is 1360 g/mol. The summed E-state index contributed by atoms with van der Waals surface area (Å²) in [4.78, 5) is 82.5. The van der Waals surface area contributed by atoms with E-state index in [2.05, 4.69) is 151 Å². The minimum Gasteiger partial charge on any atom is -0.504 e. The first-order valence-corrected chi connectivity index (χ1v) is 42.3. The van der Waals surface area contributed by atoms with Gasteiger partial charge in [-0.1, -0.05) is 157 Å². The summed E-state index contributed by atoms with van der Waals surface area (Å²) in [5.41, 5.74) is 12.1. The fourth-order valence-electron chi connectivity index (χ4n) is 28.3. The number of ketones is 3. The molecule has 18 atom stereocenters. The molecule has 10 fully saturated rings. The molecule has 0 spiro atoms. The molecule has 0 aromatic heterocycles. The van der Waals surface area contributed by atoms with Crippen LogP contribution in [-0.4, -0.2) is 108 Å². The van der Waals surface area contributed by atoms with Gasteiger partial charge in [-0.05, 0) is 287 Å². The van der Waals surface area contributed by atoms with E-state index >= 15 is 0 Å². The Balaban J connectivity index is 0.000000137. The van der Waals surface area contributed by atoms with Gasteiger partial charge in [0, 0.05) is 90.0 Å². The molecule has 0 radical (unpaired) electrons. The first-order valence-electron chi connectivity index (χ1n) is 42.3. The second-order valence-corrected chi connectivity index (χ2v) is 42.3. The van der Waals surface area contributed by atoms with Crippen molar-refractivity contribution >= 4 is 35.1 Å². The molecule has 9 saturated carbocycles. The minimum absolute atomic E-state index is 0.00213. The van der Waals surface area contributed by atoms with Crippen molar-refractivity contribution in [2.24, 2.45) is 99.0 Å². The number of likely N-dealkylation sites (tertiary alicyclic amines) is 1. The van der Waals surface area contributed by atoms with Crippen LogP contribution in [0, 0.1) is 99.0 Å². The maximum Gasteiger partial charge on any atom is 0.228 e.